The van der Waals surface area contributed by atoms with E-state index < -0.39 is 5.91 Å². The Morgan fingerprint density at radius 1 is 1.33 bits per heavy atom. The van der Waals surface area contributed by atoms with Crippen molar-refractivity contribution < 1.29 is 4.79 Å². The largest absolute Gasteiger partial charge is 0.366 e. The molecule has 0 aliphatic heterocycles. The molecule has 3 heteroatoms. The lowest BCUT2D eigenvalue weighted by Crippen LogP contribution is -2.16. The van der Waals surface area contributed by atoms with Crippen LogP contribution < -0.4 is 5.73 Å². The molecule has 0 aromatic heterocycles. The third kappa shape index (κ3) is 4.01. The number of benzene rings is 1. The molecular weight excluding hydrogens is 224 g/mol. The van der Waals surface area contributed by atoms with Crippen molar-refractivity contribution in [3.63, 3.8) is 0 Å². The Hall–Kier alpha value is -2.16. The molecule has 1 aromatic rings. The number of nitrogens with two attached hydrogens (primary N) is 1. The summed E-state index contributed by atoms with van der Waals surface area (Å²) in [6.07, 6.45) is 1.67. The molecule has 0 atom stereocenters. The Balaban J connectivity index is 2.80. The summed E-state index contributed by atoms with van der Waals surface area (Å²) in [5, 5.41) is 0. The number of nitrogens with zero attached hydrogens (tertiary/aromatic N) is 1. The van der Waals surface area contributed by atoms with Gasteiger partial charge < -0.3 is 5.73 Å². The zero-order valence-corrected chi connectivity index (χ0v) is 10.8. The molecule has 0 heterocycles. The van der Waals surface area contributed by atoms with Crippen LogP contribution in [0.3, 0.4) is 0 Å². The summed E-state index contributed by atoms with van der Waals surface area (Å²) < 4.78 is 0. The van der Waals surface area contributed by atoms with Crippen molar-refractivity contribution in [1.82, 2.24) is 0 Å². The van der Waals surface area contributed by atoms with Crippen LogP contribution in [0.4, 0.5) is 0 Å². The van der Waals surface area contributed by atoms with E-state index in [0.717, 1.165) is 11.1 Å². The van der Waals surface area contributed by atoms with Crippen molar-refractivity contribution in [3.8, 4) is 0 Å². The molecule has 94 valence electrons. The van der Waals surface area contributed by atoms with E-state index in [9.17, 15) is 4.79 Å². The lowest BCUT2D eigenvalue weighted by molar-refractivity contribution is -0.114. The smallest absolute Gasteiger partial charge is 0.249 e. The molecule has 2 N–H and O–H groups in total. The van der Waals surface area contributed by atoms with Gasteiger partial charge in [0.05, 0.1) is 6.54 Å². The van der Waals surface area contributed by atoms with Gasteiger partial charge in [0.2, 0.25) is 5.91 Å². The normalized spacial score (nSPS) is 12.3. The Bertz CT molecular complexity index is 482. The van der Waals surface area contributed by atoms with Gasteiger partial charge in [0.1, 0.15) is 0 Å². The van der Waals surface area contributed by atoms with Gasteiger partial charge in [-0.25, -0.2) is 0 Å². The summed E-state index contributed by atoms with van der Waals surface area (Å²) in [4.78, 5) is 15.6. The number of carbonyl (C=O) groups is 1. The van der Waals surface area contributed by atoms with Crippen LogP contribution in [0.2, 0.25) is 0 Å². The first-order valence-electron chi connectivity index (χ1n) is 5.72. The minimum absolute atomic E-state index is 0.451. The van der Waals surface area contributed by atoms with Gasteiger partial charge in [-0.3, -0.25) is 9.79 Å². The fourth-order valence-corrected chi connectivity index (χ4v) is 1.68. The minimum Gasteiger partial charge on any atom is -0.366 e. The quantitative estimate of drug-likeness (QED) is 0.481. The second-order valence-corrected chi connectivity index (χ2v) is 4.16. The van der Waals surface area contributed by atoms with Gasteiger partial charge >= 0.3 is 0 Å². The third-order valence-corrected chi connectivity index (χ3v) is 2.47. The van der Waals surface area contributed by atoms with Crippen molar-refractivity contribution >= 4 is 12.1 Å². The number of aliphatic imine (C=N–C) groups is 1. The second-order valence-electron chi connectivity index (χ2n) is 4.16. The van der Waals surface area contributed by atoms with Crippen molar-refractivity contribution in [2.75, 3.05) is 0 Å². The molecule has 0 radical (unpaired) electrons. The summed E-state index contributed by atoms with van der Waals surface area (Å²) in [6, 6.07) is 9.91. The van der Waals surface area contributed by atoms with Gasteiger partial charge in [-0.1, -0.05) is 36.9 Å². The maximum atomic E-state index is 11.3. The van der Waals surface area contributed by atoms with Crippen molar-refractivity contribution in [2.24, 2.45) is 10.7 Å². The van der Waals surface area contributed by atoms with Gasteiger partial charge in [-0.2, -0.15) is 0 Å². The van der Waals surface area contributed by atoms with Crippen molar-refractivity contribution in [2.45, 2.75) is 20.4 Å². The first-order valence-corrected chi connectivity index (χ1v) is 5.72. The second kappa shape index (κ2) is 6.55. The molecule has 0 bridgehead atoms. The zero-order valence-electron chi connectivity index (χ0n) is 10.8. The Labute approximate surface area is 108 Å². The molecule has 0 unspecified atom stereocenters. The van der Waals surface area contributed by atoms with Crippen molar-refractivity contribution in [1.29, 1.82) is 0 Å². The molecule has 0 fully saturated rings. The first kappa shape index (κ1) is 13.9. The maximum absolute atomic E-state index is 11.3. The van der Waals surface area contributed by atoms with Crippen LogP contribution in [0, 0.1) is 0 Å². The van der Waals surface area contributed by atoms with Gasteiger partial charge in [0, 0.05) is 11.8 Å². The molecule has 1 rings (SSSR count). The summed E-state index contributed by atoms with van der Waals surface area (Å²) in [5.41, 5.74) is 8.28. The molecule has 18 heavy (non-hydrogen) atoms. The van der Waals surface area contributed by atoms with Crippen LogP contribution in [0.1, 0.15) is 19.4 Å². The van der Waals surface area contributed by atoms with E-state index in [0.29, 0.717) is 17.7 Å². The standard InChI is InChI=1S/C15H18N2O/c1-11(2)14(15(16)18)12(3)9-17-10-13-7-5-4-6-8-13/h4-9H,1,10H2,2-3H3,(H2,16,18)/b14-12+,17-9?. The van der Waals surface area contributed by atoms with E-state index in [2.05, 4.69) is 11.6 Å². The molecule has 1 aromatic carbocycles. The fourth-order valence-electron chi connectivity index (χ4n) is 1.68. The number of amides is 1. The molecule has 0 aliphatic carbocycles. The summed E-state index contributed by atoms with van der Waals surface area (Å²) >= 11 is 0. The molecule has 0 saturated heterocycles. The SMILES string of the molecule is C=C(C)/C(C(N)=O)=C(/C)C=NCc1ccccc1. The topological polar surface area (TPSA) is 55.5 Å². The summed E-state index contributed by atoms with van der Waals surface area (Å²) in [7, 11) is 0. The van der Waals surface area contributed by atoms with E-state index in [1.807, 2.05) is 37.3 Å². The van der Waals surface area contributed by atoms with Crippen LogP contribution in [-0.2, 0) is 11.3 Å². The van der Waals surface area contributed by atoms with Gasteiger partial charge in [0.15, 0.2) is 0 Å². The monoisotopic (exact) mass is 242 g/mol. The van der Waals surface area contributed by atoms with Gasteiger partial charge in [-0.15, -0.1) is 0 Å². The molecule has 1 amide bonds. The number of hydrogen-bond donors (Lipinski definition) is 1. The Morgan fingerprint density at radius 2 is 1.94 bits per heavy atom. The van der Waals surface area contributed by atoms with Crippen LogP contribution in [0.25, 0.3) is 0 Å². The Morgan fingerprint density at radius 3 is 2.44 bits per heavy atom. The van der Waals surface area contributed by atoms with Gasteiger partial charge in [-0.05, 0) is 30.6 Å². The fraction of sp³-hybridized carbons (Fsp3) is 0.200. The summed E-state index contributed by atoms with van der Waals surface area (Å²) in [6.45, 7) is 7.89. The lowest BCUT2D eigenvalue weighted by atomic mass is 10.0. The number of allylic oxidation sites excluding steroid dienone is 1. The van der Waals surface area contributed by atoms with E-state index >= 15 is 0 Å². The lowest BCUT2D eigenvalue weighted by Gasteiger charge is -2.04. The average molecular weight is 242 g/mol. The van der Waals surface area contributed by atoms with E-state index in [1.54, 1.807) is 13.1 Å². The average Bonchev–Trinajstić information content (AvgIpc) is 2.29. The molecule has 3 nitrogen and oxygen atoms in total. The number of primary amides is 1. The first-order chi connectivity index (χ1) is 8.52. The number of carbonyl (C=O) groups excluding carboxylic acids is 1. The maximum Gasteiger partial charge on any atom is 0.249 e. The molecular formula is C15H18N2O. The predicted octanol–water partition coefficient (Wildman–Crippen LogP) is 2.64. The minimum atomic E-state index is -0.467. The van der Waals surface area contributed by atoms with Crippen molar-refractivity contribution in [3.05, 3.63) is 59.2 Å². The highest BCUT2D eigenvalue weighted by molar-refractivity contribution is 6.02. The van der Waals surface area contributed by atoms with E-state index in [4.69, 9.17) is 5.73 Å². The highest BCUT2D eigenvalue weighted by Gasteiger charge is 2.08. The predicted molar refractivity (Wildman–Crippen MR) is 75.3 cm³/mol. The molecule has 0 saturated carbocycles. The van der Waals surface area contributed by atoms with Crippen LogP contribution >= 0.6 is 0 Å². The van der Waals surface area contributed by atoms with E-state index in [-0.39, 0.29) is 0 Å². The highest BCUT2D eigenvalue weighted by Crippen LogP contribution is 2.11. The van der Waals surface area contributed by atoms with Crippen LogP contribution in [0.5, 0.6) is 0 Å². The highest BCUT2D eigenvalue weighted by atomic mass is 16.1. The Kier molecular flexibility index (Phi) is 5.06. The molecule has 0 aliphatic rings. The van der Waals surface area contributed by atoms with Gasteiger partial charge in [0.25, 0.3) is 0 Å². The summed E-state index contributed by atoms with van der Waals surface area (Å²) in [5.74, 6) is -0.467. The van der Waals surface area contributed by atoms with Crippen LogP contribution in [-0.4, -0.2) is 12.1 Å². The number of rotatable bonds is 5. The van der Waals surface area contributed by atoms with Crippen LogP contribution in [0.15, 0.2) is 58.6 Å². The third-order valence-electron chi connectivity index (χ3n) is 2.47. The zero-order chi connectivity index (χ0) is 13.5. The number of hydrogen-bond acceptors (Lipinski definition) is 2. The molecule has 0 spiro atoms. The van der Waals surface area contributed by atoms with E-state index in [1.165, 1.54) is 0 Å².